The van der Waals surface area contributed by atoms with Crippen molar-refractivity contribution in [3.63, 3.8) is 0 Å². The summed E-state index contributed by atoms with van der Waals surface area (Å²) in [4.78, 5) is 14.4. The molecule has 2 N–H and O–H groups in total. The highest BCUT2D eigenvalue weighted by molar-refractivity contribution is 7.98. The van der Waals surface area contributed by atoms with Crippen LogP contribution in [0.1, 0.15) is 28.8 Å². The molecule has 1 atom stereocenters. The van der Waals surface area contributed by atoms with E-state index in [-0.39, 0.29) is 5.91 Å². The van der Waals surface area contributed by atoms with Crippen molar-refractivity contribution in [1.82, 2.24) is 4.90 Å². The van der Waals surface area contributed by atoms with E-state index in [1.807, 2.05) is 40.9 Å². The van der Waals surface area contributed by atoms with Gasteiger partial charge in [-0.1, -0.05) is 12.1 Å². The Bertz CT molecular complexity index is 405. The van der Waals surface area contributed by atoms with E-state index in [1.54, 1.807) is 0 Å². The Morgan fingerprint density at radius 1 is 1.44 bits per heavy atom. The summed E-state index contributed by atoms with van der Waals surface area (Å²) in [6, 6.07) is 8.05. The van der Waals surface area contributed by atoms with Crippen LogP contribution >= 0.6 is 11.8 Å². The van der Waals surface area contributed by atoms with Crippen molar-refractivity contribution in [1.29, 1.82) is 0 Å². The molecule has 1 saturated heterocycles. The van der Waals surface area contributed by atoms with Gasteiger partial charge < -0.3 is 10.6 Å². The molecular formula is C14H20N2OS. The second-order valence-corrected chi connectivity index (χ2v) is 5.56. The van der Waals surface area contributed by atoms with Crippen LogP contribution in [0.3, 0.4) is 0 Å². The van der Waals surface area contributed by atoms with Crippen molar-refractivity contribution < 1.29 is 4.79 Å². The van der Waals surface area contributed by atoms with Crippen molar-refractivity contribution in [2.45, 2.75) is 25.4 Å². The van der Waals surface area contributed by atoms with E-state index in [0.717, 1.165) is 36.3 Å². The van der Waals surface area contributed by atoms with Gasteiger partial charge >= 0.3 is 0 Å². The van der Waals surface area contributed by atoms with Crippen LogP contribution in [0.25, 0.3) is 0 Å². The molecule has 1 aliphatic rings. The smallest absolute Gasteiger partial charge is 0.254 e. The second-order valence-electron chi connectivity index (χ2n) is 4.65. The van der Waals surface area contributed by atoms with Gasteiger partial charge in [0.15, 0.2) is 0 Å². The molecule has 1 fully saturated rings. The van der Waals surface area contributed by atoms with Gasteiger partial charge in [0.05, 0.1) is 0 Å². The van der Waals surface area contributed by atoms with Crippen LogP contribution < -0.4 is 5.73 Å². The van der Waals surface area contributed by atoms with Crippen molar-refractivity contribution >= 4 is 17.7 Å². The molecule has 18 heavy (non-hydrogen) atoms. The lowest BCUT2D eigenvalue weighted by molar-refractivity contribution is 0.0750. The number of hydrogen-bond donors (Lipinski definition) is 1. The fourth-order valence-corrected chi connectivity index (χ4v) is 3.15. The predicted octanol–water partition coefficient (Wildman–Crippen LogP) is 2.11. The van der Waals surface area contributed by atoms with Crippen LogP contribution in [0, 0.1) is 0 Å². The molecule has 1 heterocycles. The molecule has 0 radical (unpaired) electrons. The summed E-state index contributed by atoms with van der Waals surface area (Å²) in [6.07, 6.45) is 4.35. The van der Waals surface area contributed by atoms with E-state index in [9.17, 15) is 4.79 Å². The molecule has 98 valence electrons. The van der Waals surface area contributed by atoms with Crippen LogP contribution in [-0.2, 0) is 6.54 Å². The lowest BCUT2D eigenvalue weighted by atomic mass is 10.1. The number of likely N-dealkylation sites (tertiary alicyclic amines) is 1. The minimum absolute atomic E-state index is 0.162. The predicted molar refractivity (Wildman–Crippen MR) is 76.8 cm³/mol. The normalized spacial score (nSPS) is 19.2. The van der Waals surface area contributed by atoms with E-state index < -0.39 is 0 Å². The first-order valence-electron chi connectivity index (χ1n) is 6.35. The van der Waals surface area contributed by atoms with E-state index in [2.05, 4.69) is 6.26 Å². The van der Waals surface area contributed by atoms with Crippen molar-refractivity contribution in [3.8, 4) is 0 Å². The molecule has 0 unspecified atom stereocenters. The van der Waals surface area contributed by atoms with Crippen molar-refractivity contribution in [2.24, 2.45) is 5.73 Å². The molecule has 1 amide bonds. The molecule has 0 saturated carbocycles. The van der Waals surface area contributed by atoms with Gasteiger partial charge in [-0.2, -0.15) is 11.8 Å². The third-order valence-corrected chi connectivity index (χ3v) is 4.15. The van der Waals surface area contributed by atoms with Gasteiger partial charge in [-0.3, -0.25) is 4.79 Å². The molecule has 3 nitrogen and oxygen atoms in total. The number of hydrogen-bond acceptors (Lipinski definition) is 3. The summed E-state index contributed by atoms with van der Waals surface area (Å²) < 4.78 is 0. The fraction of sp³-hybridized carbons (Fsp3) is 0.500. The van der Waals surface area contributed by atoms with E-state index in [1.165, 1.54) is 0 Å². The average molecular weight is 264 g/mol. The highest BCUT2D eigenvalue weighted by Gasteiger charge is 2.28. The number of carbonyl (C=O) groups excluding carboxylic acids is 1. The number of nitrogens with zero attached hydrogens (tertiary/aromatic N) is 1. The maximum Gasteiger partial charge on any atom is 0.254 e. The number of benzene rings is 1. The number of nitrogens with two attached hydrogens (primary N) is 1. The van der Waals surface area contributed by atoms with Crippen LogP contribution in [0.15, 0.2) is 24.3 Å². The summed E-state index contributed by atoms with van der Waals surface area (Å²) >= 11 is 1.81. The molecule has 1 aromatic rings. The largest absolute Gasteiger partial charge is 0.335 e. The zero-order valence-corrected chi connectivity index (χ0v) is 11.6. The third-order valence-electron chi connectivity index (χ3n) is 3.43. The molecule has 0 spiro atoms. The van der Waals surface area contributed by atoms with Gasteiger partial charge in [-0.15, -0.1) is 0 Å². The zero-order valence-electron chi connectivity index (χ0n) is 10.8. The number of rotatable bonds is 4. The van der Waals surface area contributed by atoms with Gasteiger partial charge in [0.25, 0.3) is 5.91 Å². The maximum absolute atomic E-state index is 12.4. The first kappa shape index (κ1) is 13.4. The fourth-order valence-electron chi connectivity index (χ4n) is 2.42. The monoisotopic (exact) mass is 264 g/mol. The van der Waals surface area contributed by atoms with E-state index in [4.69, 9.17) is 5.73 Å². The van der Waals surface area contributed by atoms with E-state index >= 15 is 0 Å². The Morgan fingerprint density at radius 3 is 2.78 bits per heavy atom. The van der Waals surface area contributed by atoms with Gasteiger partial charge in [-0.05, 0) is 36.8 Å². The molecule has 0 aliphatic carbocycles. The Morgan fingerprint density at radius 2 is 2.17 bits per heavy atom. The van der Waals surface area contributed by atoms with Gasteiger partial charge in [-0.25, -0.2) is 0 Å². The van der Waals surface area contributed by atoms with Crippen LogP contribution in [0.5, 0.6) is 0 Å². The lowest BCUT2D eigenvalue weighted by Gasteiger charge is -2.24. The molecule has 0 aromatic heterocycles. The Kier molecular flexibility index (Phi) is 4.66. The summed E-state index contributed by atoms with van der Waals surface area (Å²) in [7, 11) is 0. The molecule has 1 aromatic carbocycles. The third kappa shape index (κ3) is 2.87. The summed E-state index contributed by atoms with van der Waals surface area (Å²) in [5.74, 6) is 1.20. The molecule has 1 aliphatic heterocycles. The Labute approximate surface area is 113 Å². The number of thioether (sulfide) groups is 1. The van der Waals surface area contributed by atoms with Gasteiger partial charge in [0, 0.05) is 30.4 Å². The van der Waals surface area contributed by atoms with Crippen LogP contribution in [0.4, 0.5) is 0 Å². The SMILES string of the molecule is CSC[C@H]1CCCN1C(=O)c1ccc(CN)cc1. The van der Waals surface area contributed by atoms with Gasteiger partial charge in [0.1, 0.15) is 0 Å². The zero-order chi connectivity index (χ0) is 13.0. The summed E-state index contributed by atoms with van der Waals surface area (Å²) in [6.45, 7) is 1.41. The first-order valence-corrected chi connectivity index (χ1v) is 7.74. The average Bonchev–Trinajstić information content (AvgIpc) is 2.87. The molecule has 4 heteroatoms. The minimum Gasteiger partial charge on any atom is -0.335 e. The first-order chi connectivity index (χ1) is 8.76. The summed E-state index contributed by atoms with van der Waals surface area (Å²) in [5.41, 5.74) is 7.40. The van der Waals surface area contributed by atoms with Gasteiger partial charge in [0.2, 0.25) is 0 Å². The van der Waals surface area contributed by atoms with Crippen LogP contribution in [0.2, 0.25) is 0 Å². The second kappa shape index (κ2) is 6.25. The number of amides is 1. The number of carbonyl (C=O) groups is 1. The van der Waals surface area contributed by atoms with Crippen molar-refractivity contribution in [3.05, 3.63) is 35.4 Å². The van der Waals surface area contributed by atoms with Crippen molar-refractivity contribution in [2.75, 3.05) is 18.6 Å². The Balaban J connectivity index is 2.09. The van der Waals surface area contributed by atoms with Crippen LogP contribution in [-0.4, -0.2) is 35.4 Å². The maximum atomic E-state index is 12.4. The summed E-state index contributed by atoms with van der Waals surface area (Å²) in [5, 5.41) is 0. The lowest BCUT2D eigenvalue weighted by Crippen LogP contribution is -2.36. The highest BCUT2D eigenvalue weighted by atomic mass is 32.2. The minimum atomic E-state index is 0.162. The Hall–Kier alpha value is -1.00. The van der Waals surface area contributed by atoms with E-state index in [0.29, 0.717) is 12.6 Å². The standard InChI is InChI=1S/C14H20N2OS/c1-18-10-13-3-2-8-16(13)14(17)12-6-4-11(9-15)5-7-12/h4-7,13H,2-3,8-10,15H2,1H3/t13-/m1/s1. The topological polar surface area (TPSA) is 46.3 Å². The molecule has 2 rings (SSSR count). The highest BCUT2D eigenvalue weighted by Crippen LogP contribution is 2.22. The molecular weight excluding hydrogens is 244 g/mol. The quantitative estimate of drug-likeness (QED) is 0.906. The molecule has 0 bridgehead atoms.